The summed E-state index contributed by atoms with van der Waals surface area (Å²) in [5, 5.41) is 10.1. The van der Waals surface area contributed by atoms with Gasteiger partial charge >= 0.3 is 0 Å². The Morgan fingerprint density at radius 1 is 1.15 bits per heavy atom. The van der Waals surface area contributed by atoms with Crippen molar-refractivity contribution >= 4 is 35.8 Å². The van der Waals surface area contributed by atoms with Crippen LogP contribution in [0.4, 0.5) is 0 Å². The molecule has 2 aliphatic heterocycles. The standard InChI is InChI=1S/C24H42N6O2.HI/c1-3-12-25-23(31)19-29-15-10-20(11-16-29)28-24(26-13-9-22-8-6-17-32-22)27-18-21-7-5-14-30(21)4-2;/h6,8,17,20-21H,3-5,7,9-16,18-19H2,1-2H3,(H,25,31)(H2,26,27,28);1H. The van der Waals surface area contributed by atoms with Crippen molar-refractivity contribution in [3.63, 3.8) is 0 Å². The van der Waals surface area contributed by atoms with Crippen LogP contribution >= 0.6 is 24.0 Å². The number of hydrogen-bond acceptors (Lipinski definition) is 5. The van der Waals surface area contributed by atoms with Crippen molar-refractivity contribution in [3.8, 4) is 0 Å². The number of nitrogens with zero attached hydrogens (tertiary/aromatic N) is 3. The zero-order valence-corrected chi connectivity index (χ0v) is 22.7. The highest BCUT2D eigenvalue weighted by Gasteiger charge is 2.24. The number of aliphatic imine (C=N–C) groups is 1. The fraction of sp³-hybridized carbons (Fsp3) is 0.750. The van der Waals surface area contributed by atoms with E-state index in [0.717, 1.165) is 76.7 Å². The molecule has 0 saturated carbocycles. The van der Waals surface area contributed by atoms with E-state index < -0.39 is 0 Å². The van der Waals surface area contributed by atoms with Gasteiger partial charge in [0.1, 0.15) is 5.76 Å². The number of carbonyl (C=O) groups excluding carboxylic acids is 1. The molecule has 3 rings (SSSR count). The predicted molar refractivity (Wildman–Crippen MR) is 144 cm³/mol. The molecule has 3 N–H and O–H groups in total. The lowest BCUT2D eigenvalue weighted by molar-refractivity contribution is -0.122. The van der Waals surface area contributed by atoms with E-state index in [9.17, 15) is 4.79 Å². The van der Waals surface area contributed by atoms with Crippen LogP contribution in [0.3, 0.4) is 0 Å². The van der Waals surface area contributed by atoms with Gasteiger partial charge in [-0.05, 0) is 57.3 Å². The summed E-state index contributed by atoms with van der Waals surface area (Å²) in [6, 6.07) is 4.87. The fourth-order valence-corrected chi connectivity index (χ4v) is 4.58. The molecule has 3 heterocycles. The van der Waals surface area contributed by atoms with Gasteiger partial charge in [0.2, 0.25) is 5.91 Å². The third-order valence-electron chi connectivity index (χ3n) is 6.48. The minimum Gasteiger partial charge on any atom is -0.469 e. The number of piperidine rings is 1. The SMILES string of the molecule is CCCNC(=O)CN1CCC(NC(=NCC2CCCN2CC)NCCc2ccco2)CC1.I. The van der Waals surface area contributed by atoms with E-state index in [-0.39, 0.29) is 29.9 Å². The summed E-state index contributed by atoms with van der Waals surface area (Å²) in [5.41, 5.74) is 0. The number of guanidine groups is 1. The first-order chi connectivity index (χ1) is 15.7. The molecule has 1 unspecified atom stereocenters. The number of hydrogen-bond donors (Lipinski definition) is 3. The first kappa shape index (κ1) is 27.9. The van der Waals surface area contributed by atoms with E-state index >= 15 is 0 Å². The number of likely N-dealkylation sites (N-methyl/N-ethyl adjacent to an activating group) is 1. The maximum absolute atomic E-state index is 12.0. The van der Waals surface area contributed by atoms with Crippen molar-refractivity contribution in [1.29, 1.82) is 0 Å². The molecule has 0 spiro atoms. The lowest BCUT2D eigenvalue weighted by Crippen LogP contribution is -2.50. The van der Waals surface area contributed by atoms with E-state index in [1.54, 1.807) is 6.26 Å². The summed E-state index contributed by atoms with van der Waals surface area (Å²) in [6.07, 6.45) is 8.07. The van der Waals surface area contributed by atoms with Gasteiger partial charge in [0, 0.05) is 44.7 Å². The lowest BCUT2D eigenvalue weighted by Gasteiger charge is -2.32. The molecule has 2 saturated heterocycles. The molecule has 1 atom stereocenters. The second-order valence-electron chi connectivity index (χ2n) is 8.91. The summed E-state index contributed by atoms with van der Waals surface area (Å²) >= 11 is 0. The van der Waals surface area contributed by atoms with Gasteiger partial charge in [0.15, 0.2) is 5.96 Å². The quantitative estimate of drug-likeness (QED) is 0.214. The fourth-order valence-electron chi connectivity index (χ4n) is 4.58. The average molecular weight is 575 g/mol. The Morgan fingerprint density at radius 3 is 2.67 bits per heavy atom. The van der Waals surface area contributed by atoms with Gasteiger partial charge in [-0.3, -0.25) is 19.6 Å². The van der Waals surface area contributed by atoms with Gasteiger partial charge in [-0.1, -0.05) is 13.8 Å². The Morgan fingerprint density at radius 2 is 1.97 bits per heavy atom. The van der Waals surface area contributed by atoms with E-state index in [1.807, 2.05) is 12.1 Å². The number of nitrogens with one attached hydrogen (secondary N) is 3. The van der Waals surface area contributed by atoms with E-state index in [4.69, 9.17) is 9.41 Å². The van der Waals surface area contributed by atoms with Gasteiger partial charge in [-0.15, -0.1) is 24.0 Å². The molecule has 2 fully saturated rings. The van der Waals surface area contributed by atoms with Gasteiger partial charge in [-0.2, -0.15) is 0 Å². The first-order valence-corrected chi connectivity index (χ1v) is 12.5. The molecule has 8 nitrogen and oxygen atoms in total. The number of furan rings is 1. The van der Waals surface area contributed by atoms with Crippen LogP contribution in [-0.2, 0) is 11.2 Å². The lowest BCUT2D eigenvalue weighted by atomic mass is 10.1. The number of halogens is 1. The predicted octanol–water partition coefficient (Wildman–Crippen LogP) is 2.45. The van der Waals surface area contributed by atoms with Crippen molar-refractivity contribution in [2.45, 2.75) is 64.5 Å². The summed E-state index contributed by atoms with van der Waals surface area (Å²) in [6.45, 7) is 11.4. The van der Waals surface area contributed by atoms with Gasteiger partial charge in [-0.25, -0.2) is 0 Å². The maximum atomic E-state index is 12.0. The molecule has 2 aliphatic rings. The number of likely N-dealkylation sites (tertiary alicyclic amines) is 2. The minimum absolute atomic E-state index is 0. The third-order valence-corrected chi connectivity index (χ3v) is 6.48. The van der Waals surface area contributed by atoms with Crippen molar-refractivity contribution in [2.24, 2.45) is 4.99 Å². The largest absolute Gasteiger partial charge is 0.469 e. The summed E-state index contributed by atoms with van der Waals surface area (Å²) in [4.78, 5) is 21.7. The molecule has 0 radical (unpaired) electrons. The highest BCUT2D eigenvalue weighted by Crippen LogP contribution is 2.17. The average Bonchev–Trinajstić information content (AvgIpc) is 3.49. The topological polar surface area (TPSA) is 85.1 Å². The zero-order valence-electron chi connectivity index (χ0n) is 20.4. The summed E-state index contributed by atoms with van der Waals surface area (Å²) < 4.78 is 5.46. The van der Waals surface area contributed by atoms with Crippen LogP contribution in [-0.4, -0.2) is 86.1 Å². The van der Waals surface area contributed by atoms with E-state index in [2.05, 4.69) is 39.6 Å². The monoisotopic (exact) mass is 574 g/mol. The highest BCUT2D eigenvalue weighted by molar-refractivity contribution is 14.0. The normalized spacial score (nSPS) is 20.4. The second-order valence-corrected chi connectivity index (χ2v) is 8.91. The first-order valence-electron chi connectivity index (χ1n) is 12.5. The van der Waals surface area contributed by atoms with Crippen molar-refractivity contribution < 1.29 is 9.21 Å². The second kappa shape index (κ2) is 15.5. The van der Waals surface area contributed by atoms with Crippen LogP contribution in [0.1, 0.15) is 51.7 Å². The van der Waals surface area contributed by atoms with Crippen LogP contribution in [0, 0.1) is 0 Å². The van der Waals surface area contributed by atoms with Crippen LogP contribution in [0.5, 0.6) is 0 Å². The molecule has 1 aromatic rings. The smallest absolute Gasteiger partial charge is 0.234 e. The van der Waals surface area contributed by atoms with Crippen LogP contribution < -0.4 is 16.0 Å². The van der Waals surface area contributed by atoms with Crippen molar-refractivity contribution in [2.75, 3.05) is 52.4 Å². The van der Waals surface area contributed by atoms with Crippen molar-refractivity contribution in [1.82, 2.24) is 25.8 Å². The molecular weight excluding hydrogens is 531 g/mol. The Hall–Kier alpha value is -1.33. The van der Waals surface area contributed by atoms with E-state index in [0.29, 0.717) is 18.6 Å². The zero-order chi connectivity index (χ0) is 22.6. The van der Waals surface area contributed by atoms with Crippen LogP contribution in [0.15, 0.2) is 27.8 Å². The van der Waals surface area contributed by atoms with Gasteiger partial charge < -0.3 is 20.4 Å². The Bertz CT molecular complexity index is 691. The van der Waals surface area contributed by atoms with Gasteiger partial charge in [0.25, 0.3) is 0 Å². The molecule has 9 heteroatoms. The van der Waals surface area contributed by atoms with Crippen LogP contribution in [0.2, 0.25) is 0 Å². The molecular formula is C24H43IN6O2. The number of rotatable bonds is 11. The van der Waals surface area contributed by atoms with Crippen molar-refractivity contribution in [3.05, 3.63) is 24.2 Å². The number of amides is 1. The highest BCUT2D eigenvalue weighted by atomic mass is 127. The Kier molecular flexibility index (Phi) is 13.2. The maximum Gasteiger partial charge on any atom is 0.234 e. The summed E-state index contributed by atoms with van der Waals surface area (Å²) in [7, 11) is 0. The molecule has 0 aromatic carbocycles. The van der Waals surface area contributed by atoms with Gasteiger partial charge in [0.05, 0.1) is 19.4 Å². The molecule has 33 heavy (non-hydrogen) atoms. The third kappa shape index (κ3) is 9.82. The Balaban J connectivity index is 0.00000385. The van der Waals surface area contributed by atoms with E-state index in [1.165, 1.54) is 19.4 Å². The van der Waals surface area contributed by atoms with Crippen LogP contribution in [0.25, 0.3) is 0 Å². The molecule has 1 amide bonds. The molecule has 188 valence electrons. The molecule has 1 aromatic heterocycles. The molecule has 0 bridgehead atoms. The number of carbonyl (C=O) groups is 1. The minimum atomic E-state index is 0. The summed E-state index contributed by atoms with van der Waals surface area (Å²) in [5.74, 6) is 2.02. The molecule has 0 aliphatic carbocycles. The Labute approximate surface area is 216 Å².